The fourth-order valence-corrected chi connectivity index (χ4v) is 3.21. The molecule has 3 rings (SSSR count). The summed E-state index contributed by atoms with van der Waals surface area (Å²) >= 11 is 5.96. The van der Waals surface area contributed by atoms with Gasteiger partial charge in [0.25, 0.3) is 5.91 Å². The molecular formula is C24H22ClNO3. The minimum absolute atomic E-state index is 0.345. The molecule has 0 radical (unpaired) electrons. The maximum absolute atomic E-state index is 13.0. The van der Waals surface area contributed by atoms with Crippen LogP contribution in [0.5, 0.6) is 0 Å². The molecular weight excluding hydrogens is 386 g/mol. The summed E-state index contributed by atoms with van der Waals surface area (Å²) < 4.78 is 4.79. The number of amides is 1. The zero-order valence-corrected chi connectivity index (χ0v) is 17.3. The third-order valence-corrected chi connectivity index (χ3v) is 4.90. The number of hydrogen-bond donors (Lipinski definition) is 1. The summed E-state index contributed by atoms with van der Waals surface area (Å²) in [7, 11) is 1.30. The second-order valence-corrected chi connectivity index (χ2v) is 7.64. The zero-order chi connectivity index (χ0) is 21.0. The number of carbonyl (C=O) groups excluding carboxylic acids is 2. The quantitative estimate of drug-likeness (QED) is 0.458. The van der Waals surface area contributed by atoms with E-state index < -0.39 is 11.5 Å². The largest absolute Gasteiger partial charge is 0.467 e. The number of hydrogen-bond acceptors (Lipinski definition) is 3. The Morgan fingerprint density at radius 1 is 0.966 bits per heavy atom. The lowest BCUT2D eigenvalue weighted by Gasteiger charge is -2.23. The summed E-state index contributed by atoms with van der Waals surface area (Å²) in [5.41, 5.74) is 1.07. The molecule has 3 aromatic rings. The monoisotopic (exact) mass is 407 g/mol. The van der Waals surface area contributed by atoms with Crippen LogP contribution in [0.25, 0.3) is 22.9 Å². The topological polar surface area (TPSA) is 55.4 Å². The molecule has 1 amide bonds. The van der Waals surface area contributed by atoms with Crippen molar-refractivity contribution in [2.45, 2.75) is 19.4 Å². The van der Waals surface area contributed by atoms with E-state index in [-0.39, 0.29) is 5.91 Å². The second-order valence-electron chi connectivity index (χ2n) is 7.20. The van der Waals surface area contributed by atoms with Crippen LogP contribution >= 0.6 is 11.6 Å². The maximum atomic E-state index is 13.0. The highest BCUT2D eigenvalue weighted by molar-refractivity contribution is 6.30. The third-order valence-electron chi connectivity index (χ3n) is 4.65. The molecule has 0 heterocycles. The minimum atomic E-state index is -1.14. The van der Waals surface area contributed by atoms with Gasteiger partial charge in [0.1, 0.15) is 5.54 Å². The Bertz CT molecular complexity index is 1080. The van der Waals surface area contributed by atoms with E-state index >= 15 is 0 Å². The number of benzene rings is 3. The van der Waals surface area contributed by atoms with Crippen molar-refractivity contribution in [1.82, 2.24) is 5.32 Å². The molecule has 5 heteroatoms. The van der Waals surface area contributed by atoms with E-state index in [1.807, 2.05) is 66.7 Å². The van der Waals surface area contributed by atoms with Gasteiger partial charge in [-0.3, -0.25) is 4.79 Å². The van der Waals surface area contributed by atoms with Gasteiger partial charge < -0.3 is 10.1 Å². The highest BCUT2D eigenvalue weighted by Crippen LogP contribution is 2.26. The molecule has 0 fully saturated rings. The first-order chi connectivity index (χ1) is 13.8. The molecule has 0 saturated carbocycles. The number of methoxy groups -OCH3 is 1. The molecule has 0 saturated heterocycles. The molecule has 1 N–H and O–H groups in total. The van der Waals surface area contributed by atoms with Crippen LogP contribution in [-0.2, 0) is 9.53 Å². The van der Waals surface area contributed by atoms with Crippen molar-refractivity contribution in [2.75, 3.05) is 7.11 Å². The van der Waals surface area contributed by atoms with Gasteiger partial charge in [-0.1, -0.05) is 66.2 Å². The van der Waals surface area contributed by atoms with Crippen LogP contribution in [0.3, 0.4) is 0 Å². The smallest absolute Gasteiger partial charge is 0.330 e. The van der Waals surface area contributed by atoms with Crippen LogP contribution in [-0.4, -0.2) is 24.5 Å². The Morgan fingerprint density at radius 2 is 1.66 bits per heavy atom. The van der Waals surface area contributed by atoms with Gasteiger partial charge in [0.05, 0.1) is 7.11 Å². The first kappa shape index (κ1) is 20.6. The average Bonchev–Trinajstić information content (AvgIpc) is 2.71. The van der Waals surface area contributed by atoms with Gasteiger partial charge in [0.15, 0.2) is 0 Å². The summed E-state index contributed by atoms with van der Waals surface area (Å²) in [6.45, 7) is 3.22. The van der Waals surface area contributed by atoms with Crippen molar-refractivity contribution in [2.24, 2.45) is 0 Å². The molecule has 4 nitrogen and oxygen atoms in total. The molecule has 0 atom stereocenters. The van der Waals surface area contributed by atoms with Crippen molar-refractivity contribution in [3.63, 3.8) is 0 Å². The fraction of sp³-hybridized carbons (Fsp3) is 0.167. The van der Waals surface area contributed by atoms with Crippen LogP contribution in [0.2, 0.25) is 5.02 Å². The lowest BCUT2D eigenvalue weighted by Crippen LogP contribution is -2.50. The summed E-state index contributed by atoms with van der Waals surface area (Å²) in [5, 5.41) is 5.40. The SMILES string of the molecule is COC(=O)C(C)(C)NC(=O)c1ccc2ccccc2c1C=Cc1ccc(Cl)cc1. The van der Waals surface area contributed by atoms with Gasteiger partial charge in [0.2, 0.25) is 0 Å². The van der Waals surface area contributed by atoms with Gasteiger partial charge in [-0.25, -0.2) is 4.79 Å². The lowest BCUT2D eigenvalue weighted by molar-refractivity contribution is -0.146. The minimum Gasteiger partial charge on any atom is -0.467 e. The number of ether oxygens (including phenoxy) is 1. The van der Waals surface area contributed by atoms with Gasteiger partial charge in [-0.15, -0.1) is 0 Å². The molecule has 0 bridgehead atoms. The number of carbonyl (C=O) groups is 2. The van der Waals surface area contributed by atoms with E-state index in [2.05, 4.69) is 5.32 Å². The van der Waals surface area contributed by atoms with E-state index in [4.69, 9.17) is 16.3 Å². The molecule has 0 aliphatic rings. The van der Waals surface area contributed by atoms with Crippen LogP contribution in [0.15, 0.2) is 60.7 Å². The Labute approximate surface area is 175 Å². The Kier molecular flexibility index (Phi) is 6.04. The predicted molar refractivity (Wildman–Crippen MR) is 118 cm³/mol. The van der Waals surface area contributed by atoms with Crippen molar-refractivity contribution in [3.05, 3.63) is 82.4 Å². The number of rotatable bonds is 5. The molecule has 29 heavy (non-hydrogen) atoms. The first-order valence-corrected chi connectivity index (χ1v) is 9.56. The van der Waals surface area contributed by atoms with Gasteiger partial charge in [-0.2, -0.15) is 0 Å². The summed E-state index contributed by atoms with van der Waals surface area (Å²) in [6, 6.07) is 19.0. The number of esters is 1. The summed E-state index contributed by atoms with van der Waals surface area (Å²) in [5.74, 6) is -0.855. The highest BCUT2D eigenvalue weighted by Gasteiger charge is 2.31. The third kappa shape index (κ3) is 4.66. The highest BCUT2D eigenvalue weighted by atomic mass is 35.5. The molecule has 0 spiro atoms. The average molecular weight is 408 g/mol. The van der Waals surface area contributed by atoms with E-state index in [0.29, 0.717) is 10.6 Å². The normalized spacial score (nSPS) is 11.6. The number of halogens is 1. The Balaban J connectivity index is 2.05. The molecule has 0 aliphatic carbocycles. The van der Waals surface area contributed by atoms with Gasteiger partial charge >= 0.3 is 5.97 Å². The van der Waals surface area contributed by atoms with Crippen LogP contribution in [0, 0.1) is 0 Å². The first-order valence-electron chi connectivity index (χ1n) is 9.18. The van der Waals surface area contributed by atoms with Crippen molar-refractivity contribution in [3.8, 4) is 0 Å². The molecule has 3 aromatic carbocycles. The zero-order valence-electron chi connectivity index (χ0n) is 16.5. The molecule has 0 unspecified atom stereocenters. The van der Waals surface area contributed by atoms with E-state index in [1.165, 1.54) is 7.11 Å². The number of fused-ring (bicyclic) bond motifs is 1. The Hall–Kier alpha value is -3.11. The van der Waals surface area contributed by atoms with Crippen LogP contribution in [0.1, 0.15) is 35.3 Å². The molecule has 0 aromatic heterocycles. The maximum Gasteiger partial charge on any atom is 0.330 e. The van der Waals surface area contributed by atoms with Gasteiger partial charge in [0, 0.05) is 10.6 Å². The predicted octanol–water partition coefficient (Wildman–Crippen LogP) is 5.35. The van der Waals surface area contributed by atoms with E-state index in [9.17, 15) is 9.59 Å². The van der Waals surface area contributed by atoms with Gasteiger partial charge in [-0.05, 0) is 53.9 Å². The van der Waals surface area contributed by atoms with E-state index in [0.717, 1.165) is 21.9 Å². The number of nitrogens with one attached hydrogen (secondary N) is 1. The molecule has 0 aliphatic heterocycles. The van der Waals surface area contributed by atoms with Crippen LogP contribution < -0.4 is 5.32 Å². The molecule has 148 valence electrons. The van der Waals surface area contributed by atoms with Crippen molar-refractivity contribution >= 4 is 46.4 Å². The Morgan fingerprint density at radius 3 is 2.34 bits per heavy atom. The standard InChI is InChI=1S/C24H22ClNO3/c1-24(2,23(28)29-3)26-22(27)21-15-11-17-6-4-5-7-19(17)20(21)14-10-16-8-12-18(25)13-9-16/h4-15H,1-3H3,(H,26,27). The van der Waals surface area contributed by atoms with E-state index in [1.54, 1.807) is 19.9 Å². The summed E-state index contributed by atoms with van der Waals surface area (Å²) in [4.78, 5) is 25.0. The fourth-order valence-electron chi connectivity index (χ4n) is 3.08. The lowest BCUT2D eigenvalue weighted by atomic mass is 9.96. The van der Waals surface area contributed by atoms with Crippen molar-refractivity contribution < 1.29 is 14.3 Å². The summed E-state index contributed by atoms with van der Waals surface area (Å²) in [6.07, 6.45) is 3.84. The van der Waals surface area contributed by atoms with Crippen LogP contribution in [0.4, 0.5) is 0 Å². The second kappa shape index (κ2) is 8.50. The van der Waals surface area contributed by atoms with Crippen molar-refractivity contribution in [1.29, 1.82) is 0 Å².